The summed E-state index contributed by atoms with van der Waals surface area (Å²) in [5.41, 5.74) is 0.257. The molecule has 0 bridgehead atoms. The van der Waals surface area contributed by atoms with E-state index in [1.165, 1.54) is 11.8 Å². The molecule has 0 aliphatic carbocycles. The summed E-state index contributed by atoms with van der Waals surface area (Å²) in [6, 6.07) is 12.6. The van der Waals surface area contributed by atoms with Crippen LogP contribution in [-0.4, -0.2) is 23.4 Å². The fraction of sp³-hybridized carbons (Fsp3) is 0.133. The molecular formula is C15H12BrClO3S. The zero-order chi connectivity index (χ0) is 15.2. The van der Waals surface area contributed by atoms with E-state index in [1.807, 2.05) is 24.3 Å². The molecule has 0 spiro atoms. The first kappa shape index (κ1) is 16.2. The van der Waals surface area contributed by atoms with E-state index in [-0.39, 0.29) is 5.56 Å². The van der Waals surface area contributed by atoms with E-state index in [1.54, 1.807) is 18.2 Å². The summed E-state index contributed by atoms with van der Waals surface area (Å²) in [4.78, 5) is 11.9. The third-order valence-electron chi connectivity index (χ3n) is 2.61. The van der Waals surface area contributed by atoms with Gasteiger partial charge in [-0.15, -0.1) is 11.8 Å². The first-order chi connectivity index (χ1) is 10.1. The molecule has 2 aromatic carbocycles. The number of carbonyl (C=O) groups is 1. The molecule has 1 N–H and O–H groups in total. The molecule has 0 aromatic heterocycles. The zero-order valence-corrected chi connectivity index (χ0v) is 14.0. The van der Waals surface area contributed by atoms with Gasteiger partial charge in [0, 0.05) is 15.1 Å². The molecule has 0 aliphatic rings. The van der Waals surface area contributed by atoms with Crippen molar-refractivity contribution in [2.45, 2.75) is 4.90 Å². The van der Waals surface area contributed by atoms with Crippen LogP contribution in [-0.2, 0) is 0 Å². The first-order valence-corrected chi connectivity index (χ1v) is 8.26. The Labute approximate surface area is 140 Å². The summed E-state index contributed by atoms with van der Waals surface area (Å²) in [5.74, 6) is 0.407. The van der Waals surface area contributed by atoms with Crippen LogP contribution in [0.15, 0.2) is 51.8 Å². The van der Waals surface area contributed by atoms with Crippen molar-refractivity contribution in [3.8, 4) is 5.75 Å². The SMILES string of the molecule is O=C(O)c1cc(SCCOc2ccccc2Cl)ccc1Br. The minimum absolute atomic E-state index is 0.257. The number of carboxylic acids is 1. The van der Waals surface area contributed by atoms with Crippen LogP contribution in [0.4, 0.5) is 0 Å². The van der Waals surface area contributed by atoms with Crippen LogP contribution in [0.25, 0.3) is 0 Å². The van der Waals surface area contributed by atoms with E-state index in [9.17, 15) is 4.79 Å². The second-order valence-corrected chi connectivity index (χ2v) is 6.50. The molecule has 0 unspecified atom stereocenters. The lowest BCUT2D eigenvalue weighted by Crippen LogP contribution is -2.01. The van der Waals surface area contributed by atoms with Gasteiger partial charge in [0.25, 0.3) is 0 Å². The summed E-state index contributed by atoms with van der Waals surface area (Å²) in [6.45, 7) is 0.493. The second-order valence-electron chi connectivity index (χ2n) is 4.07. The number of hydrogen-bond donors (Lipinski definition) is 1. The van der Waals surface area contributed by atoms with Crippen LogP contribution in [0, 0.1) is 0 Å². The number of thioether (sulfide) groups is 1. The van der Waals surface area contributed by atoms with Gasteiger partial charge in [0.15, 0.2) is 0 Å². The molecule has 0 aliphatic heterocycles. The quantitative estimate of drug-likeness (QED) is 0.561. The van der Waals surface area contributed by atoms with Crippen molar-refractivity contribution in [3.63, 3.8) is 0 Å². The Morgan fingerprint density at radius 2 is 2.05 bits per heavy atom. The Morgan fingerprint density at radius 1 is 1.29 bits per heavy atom. The third-order valence-corrected chi connectivity index (χ3v) is 4.58. The molecule has 0 saturated heterocycles. The lowest BCUT2D eigenvalue weighted by Gasteiger charge is -2.08. The monoisotopic (exact) mass is 386 g/mol. The number of aromatic carboxylic acids is 1. The highest BCUT2D eigenvalue weighted by atomic mass is 79.9. The van der Waals surface area contributed by atoms with Crippen molar-refractivity contribution in [1.29, 1.82) is 0 Å². The van der Waals surface area contributed by atoms with Gasteiger partial charge in [0.05, 0.1) is 17.2 Å². The average Bonchev–Trinajstić information content (AvgIpc) is 2.46. The topological polar surface area (TPSA) is 46.5 Å². The van der Waals surface area contributed by atoms with Gasteiger partial charge in [-0.2, -0.15) is 0 Å². The predicted molar refractivity (Wildman–Crippen MR) is 88.8 cm³/mol. The normalized spacial score (nSPS) is 10.4. The maximum Gasteiger partial charge on any atom is 0.336 e. The van der Waals surface area contributed by atoms with Gasteiger partial charge < -0.3 is 9.84 Å². The molecule has 0 saturated carbocycles. The Morgan fingerprint density at radius 3 is 2.76 bits per heavy atom. The van der Waals surface area contributed by atoms with Crippen molar-refractivity contribution in [1.82, 2.24) is 0 Å². The number of halogens is 2. The third kappa shape index (κ3) is 4.66. The van der Waals surface area contributed by atoms with Crippen molar-refractivity contribution in [2.75, 3.05) is 12.4 Å². The number of carboxylic acid groups (broad SMARTS) is 1. The second kappa shape index (κ2) is 7.73. The fourth-order valence-electron chi connectivity index (χ4n) is 1.63. The molecule has 0 radical (unpaired) electrons. The van der Waals surface area contributed by atoms with Crippen molar-refractivity contribution in [3.05, 3.63) is 57.5 Å². The summed E-state index contributed by atoms with van der Waals surface area (Å²) >= 11 is 10.7. The summed E-state index contributed by atoms with van der Waals surface area (Å²) in [6.07, 6.45) is 0. The molecule has 110 valence electrons. The van der Waals surface area contributed by atoms with E-state index in [0.717, 1.165) is 4.90 Å². The van der Waals surface area contributed by atoms with E-state index in [2.05, 4.69) is 15.9 Å². The minimum Gasteiger partial charge on any atom is -0.491 e. The van der Waals surface area contributed by atoms with E-state index >= 15 is 0 Å². The van der Waals surface area contributed by atoms with Crippen LogP contribution >= 0.6 is 39.3 Å². The molecular weight excluding hydrogens is 376 g/mol. The molecule has 2 rings (SSSR count). The van der Waals surface area contributed by atoms with Crippen LogP contribution in [0.5, 0.6) is 5.75 Å². The van der Waals surface area contributed by atoms with Crippen molar-refractivity contribution < 1.29 is 14.6 Å². The maximum absolute atomic E-state index is 11.0. The molecule has 0 heterocycles. The Kier molecular flexibility index (Phi) is 5.96. The molecule has 0 atom stereocenters. The molecule has 0 fully saturated rings. The van der Waals surface area contributed by atoms with Gasteiger partial charge in [-0.1, -0.05) is 23.7 Å². The van der Waals surface area contributed by atoms with Crippen molar-refractivity contribution in [2.24, 2.45) is 0 Å². The van der Waals surface area contributed by atoms with Crippen molar-refractivity contribution >= 4 is 45.3 Å². The maximum atomic E-state index is 11.0. The minimum atomic E-state index is -0.948. The molecule has 21 heavy (non-hydrogen) atoms. The summed E-state index contributed by atoms with van der Waals surface area (Å²) in [5, 5.41) is 9.64. The van der Waals surface area contributed by atoms with Gasteiger partial charge in [-0.25, -0.2) is 4.79 Å². The summed E-state index contributed by atoms with van der Waals surface area (Å²) in [7, 11) is 0. The van der Waals surface area contributed by atoms with Gasteiger partial charge in [-0.05, 0) is 46.3 Å². The first-order valence-electron chi connectivity index (χ1n) is 6.11. The highest BCUT2D eigenvalue weighted by Crippen LogP contribution is 2.26. The predicted octanol–water partition coefficient (Wildman–Crippen LogP) is 4.97. The number of para-hydroxylation sites is 1. The van der Waals surface area contributed by atoms with E-state index in [4.69, 9.17) is 21.4 Å². The van der Waals surface area contributed by atoms with Gasteiger partial charge in [0.2, 0.25) is 0 Å². The van der Waals surface area contributed by atoms with E-state index in [0.29, 0.717) is 27.6 Å². The summed E-state index contributed by atoms with van der Waals surface area (Å²) < 4.78 is 6.16. The fourth-order valence-corrected chi connectivity index (χ4v) is 3.01. The number of benzene rings is 2. The van der Waals surface area contributed by atoms with Gasteiger partial charge in [-0.3, -0.25) is 0 Å². The number of ether oxygens (including phenoxy) is 1. The number of rotatable bonds is 6. The Hall–Kier alpha value is -1.17. The van der Waals surface area contributed by atoms with Crippen LogP contribution in [0.3, 0.4) is 0 Å². The zero-order valence-electron chi connectivity index (χ0n) is 10.9. The lowest BCUT2D eigenvalue weighted by atomic mass is 10.2. The largest absolute Gasteiger partial charge is 0.491 e. The standard InChI is InChI=1S/C15H12BrClO3S/c16-12-6-5-10(9-11(12)15(18)19)21-8-7-20-14-4-2-1-3-13(14)17/h1-6,9H,7-8H2,(H,18,19). The molecule has 6 heteroatoms. The molecule has 0 amide bonds. The van der Waals surface area contributed by atoms with Crippen LogP contribution in [0.2, 0.25) is 5.02 Å². The smallest absolute Gasteiger partial charge is 0.336 e. The Balaban J connectivity index is 1.88. The average molecular weight is 388 g/mol. The Bertz CT molecular complexity index is 649. The highest BCUT2D eigenvalue weighted by molar-refractivity contribution is 9.10. The van der Waals surface area contributed by atoms with E-state index < -0.39 is 5.97 Å². The van der Waals surface area contributed by atoms with Crippen LogP contribution in [0.1, 0.15) is 10.4 Å². The molecule has 3 nitrogen and oxygen atoms in total. The lowest BCUT2D eigenvalue weighted by molar-refractivity contribution is 0.0695. The molecule has 2 aromatic rings. The van der Waals surface area contributed by atoms with Crippen LogP contribution < -0.4 is 4.74 Å². The number of hydrogen-bond acceptors (Lipinski definition) is 3. The van der Waals surface area contributed by atoms with Gasteiger partial charge >= 0.3 is 5.97 Å². The highest BCUT2D eigenvalue weighted by Gasteiger charge is 2.09. The van der Waals surface area contributed by atoms with Gasteiger partial charge in [0.1, 0.15) is 5.75 Å².